The van der Waals surface area contributed by atoms with E-state index in [2.05, 4.69) is 31.2 Å². The first-order chi connectivity index (χ1) is 8.69. The summed E-state index contributed by atoms with van der Waals surface area (Å²) in [5, 5.41) is 18.7. The molecule has 0 saturated heterocycles. The van der Waals surface area contributed by atoms with Gasteiger partial charge >= 0.3 is 0 Å². The largest absolute Gasteiger partial charge is 0.504 e. The van der Waals surface area contributed by atoms with Crippen LogP contribution in [0.3, 0.4) is 0 Å². The Morgan fingerprint density at radius 3 is 1.89 bits per heavy atom. The summed E-state index contributed by atoms with van der Waals surface area (Å²) in [6.07, 6.45) is 2.86. The van der Waals surface area contributed by atoms with Gasteiger partial charge in [-0.2, -0.15) is 0 Å². The van der Waals surface area contributed by atoms with Crippen LogP contribution in [-0.2, 0) is 19.3 Å². The van der Waals surface area contributed by atoms with Gasteiger partial charge in [0.05, 0.1) is 0 Å². The van der Waals surface area contributed by atoms with Gasteiger partial charge in [0.25, 0.3) is 0 Å². The van der Waals surface area contributed by atoms with Gasteiger partial charge in [0.1, 0.15) is 0 Å². The molecule has 0 spiro atoms. The van der Waals surface area contributed by atoms with Gasteiger partial charge in [-0.15, -0.1) is 0 Å². The number of phenolic OH excluding ortho intramolecular Hbond substituents is 2. The zero-order chi connectivity index (χ0) is 13.0. The van der Waals surface area contributed by atoms with Crippen LogP contribution in [0.5, 0.6) is 11.5 Å². The Morgan fingerprint density at radius 1 is 0.722 bits per heavy atom. The van der Waals surface area contributed by atoms with Gasteiger partial charge in [-0.3, -0.25) is 0 Å². The van der Waals surface area contributed by atoms with Crippen LogP contribution in [0, 0.1) is 0 Å². The minimum Gasteiger partial charge on any atom is -0.504 e. The van der Waals surface area contributed by atoms with E-state index in [-0.39, 0.29) is 11.5 Å². The van der Waals surface area contributed by atoms with Crippen LogP contribution in [0.2, 0.25) is 0 Å². The third-order valence-corrected chi connectivity index (χ3v) is 3.17. The number of hydrogen-bond donors (Lipinski definition) is 2. The molecule has 0 fully saturated rings. The fraction of sp³-hybridized carbons (Fsp3) is 0.250. The summed E-state index contributed by atoms with van der Waals surface area (Å²) >= 11 is 0. The maximum absolute atomic E-state index is 9.42. The average molecular weight is 242 g/mol. The molecular formula is C16H18O2. The van der Waals surface area contributed by atoms with Gasteiger partial charge in [-0.25, -0.2) is 0 Å². The van der Waals surface area contributed by atoms with Crippen molar-refractivity contribution in [2.75, 3.05) is 0 Å². The fourth-order valence-corrected chi connectivity index (χ4v) is 1.95. The van der Waals surface area contributed by atoms with Crippen LogP contribution in [0.4, 0.5) is 0 Å². The van der Waals surface area contributed by atoms with Gasteiger partial charge in [0.2, 0.25) is 0 Å². The topological polar surface area (TPSA) is 40.5 Å². The van der Waals surface area contributed by atoms with Gasteiger partial charge < -0.3 is 10.2 Å². The van der Waals surface area contributed by atoms with Crippen LogP contribution in [0.1, 0.15) is 23.6 Å². The molecule has 0 radical (unpaired) electrons. The molecule has 0 amide bonds. The summed E-state index contributed by atoms with van der Waals surface area (Å²) < 4.78 is 0. The summed E-state index contributed by atoms with van der Waals surface area (Å²) in [4.78, 5) is 0. The van der Waals surface area contributed by atoms with E-state index in [1.54, 1.807) is 6.07 Å². The molecule has 0 saturated carbocycles. The average Bonchev–Trinajstić information content (AvgIpc) is 2.41. The van der Waals surface area contributed by atoms with Gasteiger partial charge in [0.15, 0.2) is 11.5 Å². The predicted octanol–water partition coefficient (Wildman–Crippen LogP) is 3.45. The van der Waals surface area contributed by atoms with Crippen molar-refractivity contribution in [3.63, 3.8) is 0 Å². The van der Waals surface area contributed by atoms with Crippen LogP contribution < -0.4 is 0 Å². The van der Waals surface area contributed by atoms with E-state index in [1.165, 1.54) is 17.2 Å². The first-order valence-electron chi connectivity index (χ1n) is 6.27. The summed E-state index contributed by atoms with van der Waals surface area (Å²) in [5.74, 6) is -0.111. The standard InChI is InChI=1S/C16H18O2/c1-2-12-3-5-13(6-4-12)7-8-14-9-10-15(17)16(18)11-14/h3-6,9-11,17-18H,2,7-8H2,1H3. The predicted molar refractivity (Wildman–Crippen MR) is 73.0 cm³/mol. The first-order valence-corrected chi connectivity index (χ1v) is 6.27. The van der Waals surface area contributed by atoms with Crippen molar-refractivity contribution in [2.24, 2.45) is 0 Å². The van der Waals surface area contributed by atoms with E-state index in [0.29, 0.717) is 0 Å². The van der Waals surface area contributed by atoms with E-state index >= 15 is 0 Å². The zero-order valence-corrected chi connectivity index (χ0v) is 10.6. The highest BCUT2D eigenvalue weighted by Crippen LogP contribution is 2.25. The molecule has 0 heterocycles. The number of aryl methyl sites for hydroxylation is 3. The summed E-state index contributed by atoms with van der Waals surface area (Å²) in [7, 11) is 0. The monoisotopic (exact) mass is 242 g/mol. The second kappa shape index (κ2) is 5.58. The van der Waals surface area contributed by atoms with Crippen LogP contribution >= 0.6 is 0 Å². The number of hydrogen-bond acceptors (Lipinski definition) is 2. The van der Waals surface area contributed by atoms with Crippen LogP contribution in [-0.4, -0.2) is 10.2 Å². The lowest BCUT2D eigenvalue weighted by atomic mass is 10.0. The Balaban J connectivity index is 1.99. The molecule has 0 atom stereocenters. The molecule has 0 unspecified atom stereocenters. The van der Waals surface area contributed by atoms with Crippen molar-refractivity contribution in [3.05, 3.63) is 59.2 Å². The van der Waals surface area contributed by atoms with E-state index in [4.69, 9.17) is 0 Å². The van der Waals surface area contributed by atoms with Crippen molar-refractivity contribution in [1.29, 1.82) is 0 Å². The SMILES string of the molecule is CCc1ccc(CCc2ccc(O)c(O)c2)cc1. The number of aromatic hydroxyl groups is 2. The smallest absolute Gasteiger partial charge is 0.157 e. The van der Waals surface area contributed by atoms with Crippen LogP contribution in [0.15, 0.2) is 42.5 Å². The van der Waals surface area contributed by atoms with Gasteiger partial charge in [0, 0.05) is 0 Å². The minimum atomic E-state index is -0.0638. The second-order valence-electron chi connectivity index (χ2n) is 4.49. The molecule has 94 valence electrons. The molecule has 0 aliphatic rings. The Kier molecular flexibility index (Phi) is 3.88. The molecule has 2 N–H and O–H groups in total. The first kappa shape index (κ1) is 12.5. The van der Waals surface area contributed by atoms with E-state index in [9.17, 15) is 10.2 Å². The van der Waals surface area contributed by atoms with Crippen molar-refractivity contribution >= 4 is 0 Å². The number of rotatable bonds is 4. The van der Waals surface area contributed by atoms with E-state index in [1.807, 2.05) is 6.07 Å². The quantitative estimate of drug-likeness (QED) is 0.806. The third kappa shape index (κ3) is 3.04. The molecule has 2 aromatic carbocycles. The molecule has 2 rings (SSSR count). The lowest BCUT2D eigenvalue weighted by Crippen LogP contribution is -1.91. The molecule has 2 aromatic rings. The minimum absolute atomic E-state index is 0.0474. The van der Waals surface area contributed by atoms with Crippen molar-refractivity contribution < 1.29 is 10.2 Å². The Bertz CT molecular complexity index is 515. The second-order valence-corrected chi connectivity index (χ2v) is 4.49. The maximum atomic E-state index is 9.42. The molecule has 0 aliphatic heterocycles. The number of benzene rings is 2. The van der Waals surface area contributed by atoms with Gasteiger partial charge in [-0.05, 0) is 48.1 Å². The lowest BCUT2D eigenvalue weighted by Gasteiger charge is -2.05. The molecular weight excluding hydrogens is 224 g/mol. The van der Waals surface area contributed by atoms with E-state index in [0.717, 1.165) is 24.8 Å². The third-order valence-electron chi connectivity index (χ3n) is 3.17. The maximum Gasteiger partial charge on any atom is 0.157 e. The highest BCUT2D eigenvalue weighted by Gasteiger charge is 2.01. The van der Waals surface area contributed by atoms with Crippen molar-refractivity contribution in [2.45, 2.75) is 26.2 Å². The Labute approximate surface area is 108 Å². The molecule has 0 bridgehead atoms. The fourth-order valence-electron chi connectivity index (χ4n) is 1.95. The highest BCUT2D eigenvalue weighted by atomic mass is 16.3. The van der Waals surface area contributed by atoms with Gasteiger partial charge in [-0.1, -0.05) is 37.3 Å². The Morgan fingerprint density at radius 2 is 1.28 bits per heavy atom. The summed E-state index contributed by atoms with van der Waals surface area (Å²) in [6.45, 7) is 2.15. The molecule has 2 nitrogen and oxygen atoms in total. The highest BCUT2D eigenvalue weighted by molar-refractivity contribution is 5.40. The lowest BCUT2D eigenvalue weighted by molar-refractivity contribution is 0.403. The van der Waals surface area contributed by atoms with E-state index < -0.39 is 0 Å². The molecule has 0 aliphatic carbocycles. The normalized spacial score (nSPS) is 10.5. The molecule has 2 heteroatoms. The molecule has 18 heavy (non-hydrogen) atoms. The molecule has 0 aromatic heterocycles. The zero-order valence-electron chi connectivity index (χ0n) is 10.6. The van der Waals surface area contributed by atoms with Crippen LogP contribution in [0.25, 0.3) is 0 Å². The Hall–Kier alpha value is -1.96. The number of phenols is 2. The van der Waals surface area contributed by atoms with Crippen molar-refractivity contribution in [3.8, 4) is 11.5 Å². The van der Waals surface area contributed by atoms with Crippen molar-refractivity contribution in [1.82, 2.24) is 0 Å². The summed E-state index contributed by atoms with van der Waals surface area (Å²) in [5.41, 5.74) is 3.67. The summed E-state index contributed by atoms with van der Waals surface area (Å²) in [6, 6.07) is 13.6.